The van der Waals surface area contributed by atoms with E-state index in [2.05, 4.69) is 5.32 Å². The molecule has 1 saturated heterocycles. The molecule has 2 aromatic rings. The fourth-order valence-corrected chi connectivity index (χ4v) is 4.30. The third kappa shape index (κ3) is 5.18. The number of nitrogens with one attached hydrogen (secondary N) is 1. The molecule has 2 heterocycles. The number of Topliss-reactive ketones (excluding diaryl/α,β-unsaturated/α-hetero) is 1. The normalized spacial score (nSPS) is 17.7. The number of ether oxygens (including phenoxy) is 1. The Morgan fingerprint density at radius 2 is 1.77 bits per heavy atom. The number of carbonyl (C=O) groups excluding carboxylic acids is 4. The van der Waals surface area contributed by atoms with Crippen LogP contribution in [0.15, 0.2) is 66.4 Å². The summed E-state index contributed by atoms with van der Waals surface area (Å²) < 4.78 is 5.39. The third-order valence-electron chi connectivity index (χ3n) is 5.95. The molecule has 0 aromatic heterocycles. The van der Waals surface area contributed by atoms with Gasteiger partial charge in [-0.2, -0.15) is 0 Å². The molecule has 35 heavy (non-hydrogen) atoms. The van der Waals surface area contributed by atoms with Crippen LogP contribution in [0.2, 0.25) is 0 Å². The average molecular weight is 477 g/mol. The van der Waals surface area contributed by atoms with E-state index in [1.54, 1.807) is 60.7 Å². The van der Waals surface area contributed by atoms with Gasteiger partial charge in [0.25, 0.3) is 5.91 Å². The van der Waals surface area contributed by atoms with Crippen molar-refractivity contribution in [2.45, 2.75) is 32.4 Å². The monoisotopic (exact) mass is 476 g/mol. The summed E-state index contributed by atoms with van der Waals surface area (Å²) in [5, 5.41) is 2.81. The number of carbonyl (C=O) groups is 4. The maximum Gasteiger partial charge on any atom is 0.419 e. The second-order valence-corrected chi connectivity index (χ2v) is 9.03. The Kier molecular flexibility index (Phi) is 6.86. The topological polar surface area (TPSA) is 122 Å². The lowest BCUT2D eigenvalue weighted by Gasteiger charge is -2.28. The van der Waals surface area contributed by atoms with E-state index >= 15 is 0 Å². The van der Waals surface area contributed by atoms with Gasteiger partial charge >= 0.3 is 6.09 Å². The van der Waals surface area contributed by atoms with Crippen molar-refractivity contribution >= 4 is 29.4 Å². The minimum Gasteiger partial charge on any atom is -0.410 e. The number of hydrogen-bond acceptors (Lipinski definition) is 6. The highest BCUT2D eigenvalue weighted by molar-refractivity contribution is 6.02. The lowest BCUT2D eigenvalue weighted by molar-refractivity contribution is -0.137. The first-order valence-corrected chi connectivity index (χ1v) is 11.5. The molecule has 182 valence electrons. The first-order chi connectivity index (χ1) is 16.7. The maximum atomic E-state index is 13.5. The van der Waals surface area contributed by atoms with Gasteiger partial charge in [-0.3, -0.25) is 19.3 Å². The standard InChI is InChI=1S/C26H28N4O5/c1-16(2)14-20(28-24(32)17-8-10-18(27)11-9-17)25(33)29-13-12-21-23(29)22(31)15-30(21)26(34)35-19-6-4-3-5-7-19/h3-12,16,20,23H,13-15,27H2,1-2H3,(H,28,32). The number of likely N-dealkylation sites (tertiary alicyclic amines) is 1. The van der Waals surface area contributed by atoms with Crippen LogP contribution in [0.25, 0.3) is 0 Å². The van der Waals surface area contributed by atoms with Crippen molar-refractivity contribution in [1.82, 2.24) is 15.1 Å². The second kappa shape index (κ2) is 10.0. The Hall–Kier alpha value is -4.14. The molecular weight excluding hydrogens is 448 g/mol. The van der Waals surface area contributed by atoms with Gasteiger partial charge in [0.1, 0.15) is 17.8 Å². The summed E-state index contributed by atoms with van der Waals surface area (Å²) in [6, 6.07) is 13.3. The molecule has 0 bridgehead atoms. The molecule has 2 aliphatic rings. The summed E-state index contributed by atoms with van der Waals surface area (Å²) >= 11 is 0. The Labute approximate surface area is 203 Å². The molecule has 2 aromatic carbocycles. The number of para-hydroxylation sites is 1. The predicted molar refractivity (Wildman–Crippen MR) is 129 cm³/mol. The van der Waals surface area contributed by atoms with Crippen molar-refractivity contribution < 1.29 is 23.9 Å². The average Bonchev–Trinajstić information content (AvgIpc) is 3.40. The molecule has 3 amide bonds. The van der Waals surface area contributed by atoms with Gasteiger partial charge in [-0.15, -0.1) is 0 Å². The number of amides is 3. The fourth-order valence-electron chi connectivity index (χ4n) is 4.30. The number of anilines is 1. The van der Waals surface area contributed by atoms with E-state index in [0.29, 0.717) is 29.1 Å². The summed E-state index contributed by atoms with van der Waals surface area (Å²) in [7, 11) is 0. The van der Waals surface area contributed by atoms with E-state index in [0.717, 1.165) is 0 Å². The SMILES string of the molecule is CC(C)CC(NC(=O)c1ccc(N)cc1)C(=O)N1CC=C2C1C(=O)CN2C(=O)Oc1ccccc1. The van der Waals surface area contributed by atoms with Crippen LogP contribution in [-0.2, 0) is 9.59 Å². The van der Waals surface area contributed by atoms with Crippen LogP contribution in [-0.4, -0.2) is 58.7 Å². The molecule has 3 N–H and O–H groups in total. The van der Waals surface area contributed by atoms with Crippen molar-refractivity contribution in [1.29, 1.82) is 0 Å². The first-order valence-electron chi connectivity index (χ1n) is 11.5. The van der Waals surface area contributed by atoms with E-state index in [1.807, 2.05) is 13.8 Å². The van der Waals surface area contributed by atoms with Gasteiger partial charge in [0, 0.05) is 17.8 Å². The van der Waals surface area contributed by atoms with Gasteiger partial charge in [-0.05, 0) is 54.8 Å². The van der Waals surface area contributed by atoms with Gasteiger partial charge < -0.3 is 20.7 Å². The number of nitrogens with two attached hydrogens (primary N) is 1. The summed E-state index contributed by atoms with van der Waals surface area (Å²) in [6.07, 6.45) is 1.41. The van der Waals surface area contributed by atoms with Crippen molar-refractivity contribution in [3.05, 3.63) is 71.9 Å². The Balaban J connectivity index is 1.48. The molecule has 2 atom stereocenters. The molecule has 1 fully saturated rings. The molecule has 2 unspecified atom stereocenters. The minimum absolute atomic E-state index is 0.113. The van der Waals surface area contributed by atoms with Crippen LogP contribution in [0.1, 0.15) is 30.6 Å². The van der Waals surface area contributed by atoms with Gasteiger partial charge in [0.2, 0.25) is 5.91 Å². The van der Waals surface area contributed by atoms with Gasteiger partial charge in [0.15, 0.2) is 5.78 Å². The molecule has 2 aliphatic heterocycles. The summed E-state index contributed by atoms with van der Waals surface area (Å²) in [5.74, 6) is -0.572. The summed E-state index contributed by atoms with van der Waals surface area (Å²) in [6.45, 7) is 3.88. The highest BCUT2D eigenvalue weighted by atomic mass is 16.6. The number of nitrogen functional groups attached to an aromatic ring is 1. The maximum absolute atomic E-state index is 13.5. The third-order valence-corrected chi connectivity index (χ3v) is 5.95. The van der Waals surface area contributed by atoms with Crippen LogP contribution in [0.5, 0.6) is 5.75 Å². The molecule has 9 nitrogen and oxygen atoms in total. The zero-order valence-electron chi connectivity index (χ0n) is 19.6. The zero-order valence-corrected chi connectivity index (χ0v) is 19.6. The first kappa shape index (κ1) is 24.0. The number of fused-ring (bicyclic) bond motifs is 1. The predicted octanol–water partition coefficient (Wildman–Crippen LogP) is 2.59. The van der Waals surface area contributed by atoms with Crippen LogP contribution >= 0.6 is 0 Å². The van der Waals surface area contributed by atoms with Gasteiger partial charge in [-0.25, -0.2) is 4.79 Å². The highest BCUT2D eigenvalue weighted by Gasteiger charge is 2.48. The summed E-state index contributed by atoms with van der Waals surface area (Å²) in [4.78, 5) is 54.6. The van der Waals surface area contributed by atoms with E-state index in [9.17, 15) is 19.2 Å². The Morgan fingerprint density at radius 1 is 1.09 bits per heavy atom. The zero-order chi connectivity index (χ0) is 25.1. The van der Waals surface area contributed by atoms with Crippen molar-refractivity contribution in [2.24, 2.45) is 5.92 Å². The van der Waals surface area contributed by atoms with Crippen LogP contribution in [0.3, 0.4) is 0 Å². The van der Waals surface area contributed by atoms with E-state index < -0.39 is 24.1 Å². The Morgan fingerprint density at radius 3 is 2.43 bits per heavy atom. The number of hydrogen-bond donors (Lipinski definition) is 2. The van der Waals surface area contributed by atoms with Crippen LogP contribution < -0.4 is 15.8 Å². The Bertz CT molecular complexity index is 1160. The number of rotatable bonds is 6. The van der Waals surface area contributed by atoms with Gasteiger partial charge in [-0.1, -0.05) is 32.0 Å². The smallest absolute Gasteiger partial charge is 0.410 e. The van der Waals surface area contributed by atoms with Crippen LogP contribution in [0, 0.1) is 5.92 Å². The molecule has 0 radical (unpaired) electrons. The molecule has 0 spiro atoms. The van der Waals surface area contributed by atoms with Gasteiger partial charge in [0.05, 0.1) is 12.2 Å². The van der Waals surface area contributed by atoms with E-state index in [1.165, 1.54) is 9.80 Å². The molecule has 0 aliphatic carbocycles. The lowest BCUT2D eigenvalue weighted by Crippen LogP contribution is -2.52. The highest BCUT2D eigenvalue weighted by Crippen LogP contribution is 2.31. The number of nitrogens with zero attached hydrogens (tertiary/aromatic N) is 2. The minimum atomic E-state index is -0.881. The van der Waals surface area contributed by atoms with Crippen LogP contribution in [0.4, 0.5) is 10.5 Å². The lowest BCUT2D eigenvalue weighted by atomic mass is 10.0. The van der Waals surface area contributed by atoms with Crippen molar-refractivity contribution in [3.63, 3.8) is 0 Å². The largest absolute Gasteiger partial charge is 0.419 e. The van der Waals surface area contributed by atoms with Crippen molar-refractivity contribution in [2.75, 3.05) is 18.8 Å². The molecular formula is C26H28N4O5. The second-order valence-electron chi connectivity index (χ2n) is 9.03. The fraction of sp³-hybridized carbons (Fsp3) is 0.308. The molecule has 9 heteroatoms. The molecule has 4 rings (SSSR count). The quantitative estimate of drug-likeness (QED) is 0.618. The summed E-state index contributed by atoms with van der Waals surface area (Å²) in [5.41, 5.74) is 7.04. The number of ketones is 1. The van der Waals surface area contributed by atoms with E-state index in [4.69, 9.17) is 10.5 Å². The molecule has 0 saturated carbocycles. The number of benzene rings is 2. The van der Waals surface area contributed by atoms with Crippen molar-refractivity contribution in [3.8, 4) is 5.75 Å². The van der Waals surface area contributed by atoms with E-state index in [-0.39, 0.29) is 30.7 Å².